The molecule has 7 aromatic heterocycles. The highest BCUT2D eigenvalue weighted by atomic mass is 16.3. The van der Waals surface area contributed by atoms with Crippen molar-refractivity contribution in [3.05, 3.63) is 134 Å². The molecule has 0 amide bonds. The van der Waals surface area contributed by atoms with Crippen molar-refractivity contribution in [1.82, 2.24) is 49.5 Å². The second kappa shape index (κ2) is 10.5. The molecule has 0 saturated heterocycles. The van der Waals surface area contributed by atoms with E-state index in [0.717, 1.165) is 77.5 Å². The van der Waals surface area contributed by atoms with E-state index in [0.29, 0.717) is 22.5 Å². The van der Waals surface area contributed by atoms with Crippen molar-refractivity contribution in [3.63, 3.8) is 0 Å². The Hall–Kier alpha value is -7.40. The molecule has 7 heterocycles. The van der Waals surface area contributed by atoms with Crippen LogP contribution >= 0.6 is 0 Å². The Morgan fingerprint density at radius 3 is 1.39 bits per heavy atom. The molecular formula is C40H22N10O. The predicted octanol–water partition coefficient (Wildman–Crippen LogP) is 8.27. The predicted molar refractivity (Wildman–Crippen MR) is 196 cm³/mol. The summed E-state index contributed by atoms with van der Waals surface area (Å²) in [5, 5.41) is 21.0. The molecule has 0 unspecified atom stereocenters. The van der Waals surface area contributed by atoms with Crippen molar-refractivity contribution in [2.75, 3.05) is 0 Å². The van der Waals surface area contributed by atoms with Crippen LogP contribution in [0.1, 0.15) is 0 Å². The van der Waals surface area contributed by atoms with E-state index < -0.39 is 0 Å². The smallest absolute Gasteiger partial charge is 0.187 e. The molecule has 0 fully saturated rings. The summed E-state index contributed by atoms with van der Waals surface area (Å²) in [6.45, 7) is 0. The lowest BCUT2D eigenvalue weighted by atomic mass is 10.0. The number of hydrogen-bond donors (Lipinski definition) is 0. The van der Waals surface area contributed by atoms with Crippen LogP contribution in [0.3, 0.4) is 0 Å². The third kappa shape index (κ3) is 4.12. The minimum absolute atomic E-state index is 0.691. The van der Waals surface area contributed by atoms with Crippen molar-refractivity contribution in [3.8, 4) is 33.9 Å². The highest BCUT2D eigenvalue weighted by Gasteiger charge is 2.19. The number of aromatic nitrogens is 10. The summed E-state index contributed by atoms with van der Waals surface area (Å²) >= 11 is 0. The Morgan fingerprint density at radius 2 is 0.922 bits per heavy atom. The molecule has 11 heteroatoms. The summed E-state index contributed by atoms with van der Waals surface area (Å²) in [4.78, 5) is 18.8. The number of hydrogen-bond acceptors (Lipinski definition) is 9. The normalized spacial score (nSPS) is 11.9. The number of rotatable bonds is 4. The zero-order chi connectivity index (χ0) is 33.5. The van der Waals surface area contributed by atoms with E-state index in [1.165, 1.54) is 12.7 Å². The molecule has 0 spiro atoms. The van der Waals surface area contributed by atoms with Crippen LogP contribution in [0, 0.1) is 0 Å². The molecule has 51 heavy (non-hydrogen) atoms. The zero-order valence-corrected chi connectivity index (χ0v) is 26.6. The number of pyridine rings is 2. The van der Waals surface area contributed by atoms with Gasteiger partial charge in [-0.2, -0.15) is 0 Å². The maximum Gasteiger partial charge on any atom is 0.187 e. The SMILES string of the molecule is c1ccc(-n2c3cc(-c4cc5c(cn4)oc4cnc(-c6ccc7c8ncnnc8n(-c8ccccc8)c7c6)cc45)ccc3c3ncnnc32)cc1. The van der Waals surface area contributed by atoms with E-state index in [9.17, 15) is 0 Å². The van der Waals surface area contributed by atoms with E-state index in [-0.39, 0.29) is 0 Å². The van der Waals surface area contributed by atoms with E-state index in [1.54, 1.807) is 12.4 Å². The van der Waals surface area contributed by atoms with Crippen molar-refractivity contribution in [2.45, 2.75) is 0 Å². The van der Waals surface area contributed by atoms with Gasteiger partial charge in [0.25, 0.3) is 0 Å². The van der Waals surface area contributed by atoms with Crippen LogP contribution in [0.5, 0.6) is 0 Å². The minimum atomic E-state index is 0.691. The van der Waals surface area contributed by atoms with Gasteiger partial charge < -0.3 is 4.42 Å². The number of para-hydroxylation sites is 2. The Bertz CT molecular complexity index is 2940. The lowest BCUT2D eigenvalue weighted by molar-refractivity contribution is 0.665. The second-order valence-electron chi connectivity index (χ2n) is 12.3. The van der Waals surface area contributed by atoms with Gasteiger partial charge in [0.1, 0.15) is 23.7 Å². The molecule has 0 saturated carbocycles. The fraction of sp³-hybridized carbons (Fsp3) is 0. The van der Waals surface area contributed by atoms with Gasteiger partial charge in [-0.3, -0.25) is 19.1 Å². The minimum Gasteiger partial charge on any atom is -0.453 e. The first-order chi connectivity index (χ1) is 25.3. The molecular weight excluding hydrogens is 637 g/mol. The Kier molecular flexibility index (Phi) is 5.70. The molecule has 0 atom stereocenters. The Morgan fingerprint density at radius 1 is 0.451 bits per heavy atom. The third-order valence-corrected chi connectivity index (χ3v) is 9.48. The first-order valence-corrected chi connectivity index (χ1v) is 16.3. The zero-order valence-electron chi connectivity index (χ0n) is 26.6. The van der Waals surface area contributed by atoms with E-state index >= 15 is 0 Å². The molecule has 0 aliphatic heterocycles. The van der Waals surface area contributed by atoms with Gasteiger partial charge in [0, 0.05) is 44.0 Å². The van der Waals surface area contributed by atoms with Crippen molar-refractivity contribution >= 4 is 66.1 Å². The van der Waals surface area contributed by atoms with Gasteiger partial charge in [0.2, 0.25) is 0 Å². The highest BCUT2D eigenvalue weighted by Crippen LogP contribution is 2.37. The van der Waals surface area contributed by atoms with Crippen LogP contribution in [0.2, 0.25) is 0 Å². The average Bonchev–Trinajstić information content (AvgIpc) is 3.85. The Labute approximate surface area is 287 Å². The summed E-state index contributed by atoms with van der Waals surface area (Å²) in [6.07, 6.45) is 6.54. The summed E-state index contributed by atoms with van der Waals surface area (Å²) in [6, 6.07) is 37.0. The topological polar surface area (TPSA) is 126 Å². The van der Waals surface area contributed by atoms with Gasteiger partial charge in [-0.15, -0.1) is 20.4 Å². The molecule has 0 N–H and O–H groups in total. The van der Waals surface area contributed by atoms with Gasteiger partial charge in [0.05, 0.1) is 34.8 Å². The highest BCUT2D eigenvalue weighted by molar-refractivity contribution is 6.10. The molecule has 0 bridgehead atoms. The van der Waals surface area contributed by atoms with Gasteiger partial charge in [-0.25, -0.2) is 9.97 Å². The molecule has 238 valence electrons. The van der Waals surface area contributed by atoms with Crippen LogP contribution in [0.25, 0.3) is 100.0 Å². The summed E-state index contributed by atoms with van der Waals surface area (Å²) in [5.41, 5.74) is 11.8. The van der Waals surface area contributed by atoms with Crippen molar-refractivity contribution < 1.29 is 4.42 Å². The van der Waals surface area contributed by atoms with Crippen LogP contribution in [0.4, 0.5) is 0 Å². The third-order valence-electron chi connectivity index (χ3n) is 9.48. The monoisotopic (exact) mass is 658 g/mol. The number of fused-ring (bicyclic) bond motifs is 9. The van der Waals surface area contributed by atoms with Crippen LogP contribution in [-0.2, 0) is 0 Å². The van der Waals surface area contributed by atoms with Crippen LogP contribution in [-0.4, -0.2) is 49.5 Å². The maximum absolute atomic E-state index is 6.23. The average molecular weight is 659 g/mol. The molecule has 4 aromatic carbocycles. The molecule has 0 aliphatic rings. The standard InChI is InChI=1S/C40H22N10O/c1-3-7-25(8-4-1)49-33-15-23(11-13-27(33)37-39(49)47-45-21-43-37)31-17-29-30-18-32(42-20-36(30)51-35(29)19-41-31)24-12-14-28-34(16-24)50(26-9-5-2-6-10-26)40-38(28)44-22-46-48-40/h1-22H. The fourth-order valence-electron chi connectivity index (χ4n) is 7.18. The number of nitrogens with zero attached hydrogens (tertiary/aromatic N) is 10. The van der Waals surface area contributed by atoms with Gasteiger partial charge in [-0.1, -0.05) is 48.5 Å². The fourth-order valence-corrected chi connectivity index (χ4v) is 7.18. The first-order valence-electron chi connectivity index (χ1n) is 16.3. The lowest BCUT2D eigenvalue weighted by Gasteiger charge is -2.08. The number of furan rings is 1. The summed E-state index contributed by atoms with van der Waals surface area (Å²) < 4.78 is 10.4. The summed E-state index contributed by atoms with van der Waals surface area (Å²) in [7, 11) is 0. The van der Waals surface area contributed by atoms with Crippen molar-refractivity contribution in [1.29, 1.82) is 0 Å². The Balaban J connectivity index is 1.07. The second-order valence-corrected chi connectivity index (χ2v) is 12.3. The lowest BCUT2D eigenvalue weighted by Crippen LogP contribution is -1.96. The van der Waals surface area contributed by atoms with Crippen LogP contribution < -0.4 is 0 Å². The maximum atomic E-state index is 6.23. The molecule has 11 aromatic rings. The number of benzene rings is 4. The van der Waals surface area contributed by atoms with Crippen molar-refractivity contribution in [2.24, 2.45) is 0 Å². The largest absolute Gasteiger partial charge is 0.453 e. The first kappa shape index (κ1) is 27.5. The summed E-state index contributed by atoms with van der Waals surface area (Å²) in [5.74, 6) is 0. The molecule has 0 aliphatic carbocycles. The van der Waals surface area contributed by atoms with E-state index in [1.807, 2.05) is 36.4 Å². The quantitative estimate of drug-likeness (QED) is 0.184. The van der Waals surface area contributed by atoms with Gasteiger partial charge >= 0.3 is 0 Å². The van der Waals surface area contributed by atoms with Crippen LogP contribution in [0.15, 0.2) is 139 Å². The molecule has 0 radical (unpaired) electrons. The molecule has 11 rings (SSSR count). The van der Waals surface area contributed by atoms with Gasteiger partial charge in [0.15, 0.2) is 22.5 Å². The van der Waals surface area contributed by atoms with E-state index in [2.05, 4.69) is 112 Å². The van der Waals surface area contributed by atoms with E-state index in [4.69, 9.17) is 14.4 Å². The van der Waals surface area contributed by atoms with Gasteiger partial charge in [-0.05, 0) is 60.7 Å². The molecule has 11 nitrogen and oxygen atoms in total.